The summed E-state index contributed by atoms with van der Waals surface area (Å²) in [5, 5.41) is 11.0. The number of aryl methyl sites for hydroxylation is 1. The number of carbonyl (C=O) groups excluding carboxylic acids is 1. The van der Waals surface area contributed by atoms with Crippen molar-refractivity contribution in [1.29, 1.82) is 0 Å². The first-order valence-corrected chi connectivity index (χ1v) is 8.53. The van der Waals surface area contributed by atoms with Gasteiger partial charge < -0.3 is 9.73 Å². The highest BCUT2D eigenvalue weighted by Gasteiger charge is 2.12. The molecule has 0 atom stereocenters. The third-order valence-corrected chi connectivity index (χ3v) is 4.03. The number of para-hydroxylation sites is 1. The van der Waals surface area contributed by atoms with Gasteiger partial charge in [0.25, 0.3) is 11.5 Å². The van der Waals surface area contributed by atoms with Crippen LogP contribution in [0.15, 0.2) is 63.8 Å². The van der Waals surface area contributed by atoms with E-state index in [0.29, 0.717) is 22.6 Å². The monoisotopic (exact) mass is 376 g/mol. The molecule has 4 rings (SSSR count). The van der Waals surface area contributed by atoms with Crippen LogP contribution < -0.4 is 16.3 Å². The summed E-state index contributed by atoms with van der Waals surface area (Å²) < 4.78 is 6.60. The van der Waals surface area contributed by atoms with E-state index >= 15 is 0 Å². The molecule has 0 unspecified atom stereocenters. The molecule has 0 aliphatic heterocycles. The summed E-state index contributed by atoms with van der Waals surface area (Å²) in [6.07, 6.45) is 0. The number of hydrogen-bond acceptors (Lipinski definition) is 7. The lowest BCUT2D eigenvalue weighted by Crippen LogP contribution is -2.38. The molecule has 9 nitrogen and oxygen atoms in total. The fourth-order valence-electron chi connectivity index (χ4n) is 2.69. The molecule has 0 bridgehead atoms. The topological polar surface area (TPSA) is 115 Å². The Morgan fingerprint density at radius 2 is 1.82 bits per heavy atom. The predicted octanol–water partition coefficient (Wildman–Crippen LogP) is 1.94. The van der Waals surface area contributed by atoms with Crippen LogP contribution in [0, 0.1) is 6.92 Å². The average molecular weight is 376 g/mol. The second-order valence-electron chi connectivity index (χ2n) is 5.98. The summed E-state index contributed by atoms with van der Waals surface area (Å²) in [6, 6.07) is 16.3. The number of amides is 1. The van der Waals surface area contributed by atoms with Crippen LogP contribution in [0.4, 0.5) is 6.01 Å². The molecular weight excluding hydrogens is 360 g/mol. The van der Waals surface area contributed by atoms with E-state index in [0.717, 1.165) is 10.2 Å². The number of benzene rings is 2. The quantitative estimate of drug-likeness (QED) is 0.547. The Labute approximate surface area is 159 Å². The highest BCUT2D eigenvalue weighted by molar-refractivity contribution is 5.87. The Kier molecular flexibility index (Phi) is 4.55. The number of anilines is 1. The maximum Gasteiger partial charge on any atom is 0.316 e. The van der Waals surface area contributed by atoms with E-state index in [2.05, 4.69) is 25.9 Å². The van der Waals surface area contributed by atoms with Gasteiger partial charge in [0.1, 0.15) is 12.4 Å². The van der Waals surface area contributed by atoms with Gasteiger partial charge in [0.2, 0.25) is 5.89 Å². The summed E-state index contributed by atoms with van der Waals surface area (Å²) in [6.45, 7) is 1.49. The maximum absolute atomic E-state index is 12.6. The Morgan fingerprint density at radius 3 is 2.64 bits per heavy atom. The Morgan fingerprint density at radius 1 is 1.07 bits per heavy atom. The van der Waals surface area contributed by atoms with Crippen LogP contribution in [0.25, 0.3) is 22.4 Å². The molecule has 0 aliphatic rings. The number of carbonyl (C=O) groups is 1. The van der Waals surface area contributed by atoms with E-state index in [-0.39, 0.29) is 18.1 Å². The first kappa shape index (κ1) is 17.4. The van der Waals surface area contributed by atoms with Gasteiger partial charge in [0, 0.05) is 5.56 Å². The summed E-state index contributed by atoms with van der Waals surface area (Å²) in [7, 11) is 0. The zero-order valence-corrected chi connectivity index (χ0v) is 14.9. The Balaban J connectivity index is 1.45. The van der Waals surface area contributed by atoms with E-state index in [1.165, 1.54) is 0 Å². The fraction of sp³-hybridized carbons (Fsp3) is 0.105. The molecule has 0 saturated carbocycles. The molecule has 4 aromatic rings. The Bertz CT molecular complexity index is 1200. The van der Waals surface area contributed by atoms with E-state index in [4.69, 9.17) is 4.42 Å². The second-order valence-corrected chi connectivity index (χ2v) is 5.98. The molecule has 2 aromatic carbocycles. The highest BCUT2D eigenvalue weighted by Crippen LogP contribution is 2.18. The minimum Gasteiger partial charge on any atom is -0.403 e. The smallest absolute Gasteiger partial charge is 0.316 e. The number of hydrogen-bond donors (Lipinski definition) is 2. The lowest BCUT2D eigenvalue weighted by Gasteiger charge is -2.11. The van der Waals surface area contributed by atoms with Gasteiger partial charge in [-0.2, -0.15) is 0 Å². The van der Waals surface area contributed by atoms with Crippen molar-refractivity contribution in [1.82, 2.24) is 19.9 Å². The zero-order chi connectivity index (χ0) is 19.5. The molecular formula is C19H16N6O3. The van der Waals surface area contributed by atoms with Gasteiger partial charge >= 0.3 is 6.01 Å². The number of nitrogens with one attached hydrogen (secondary N) is 2. The molecule has 0 aliphatic carbocycles. The van der Waals surface area contributed by atoms with Gasteiger partial charge in [-0.15, -0.1) is 5.10 Å². The molecule has 2 aromatic heterocycles. The van der Waals surface area contributed by atoms with Crippen LogP contribution in [0.1, 0.15) is 5.82 Å². The van der Waals surface area contributed by atoms with Crippen molar-refractivity contribution in [2.75, 3.05) is 17.3 Å². The van der Waals surface area contributed by atoms with Gasteiger partial charge in [0.05, 0.1) is 10.9 Å². The molecule has 1 amide bonds. The van der Waals surface area contributed by atoms with Crippen LogP contribution in [0.5, 0.6) is 0 Å². The number of fused-ring (bicyclic) bond motifs is 1. The summed E-state index contributed by atoms with van der Waals surface area (Å²) in [5.41, 5.74) is 3.53. The lowest BCUT2D eigenvalue weighted by atomic mass is 10.2. The van der Waals surface area contributed by atoms with Crippen molar-refractivity contribution < 1.29 is 9.21 Å². The van der Waals surface area contributed by atoms with Gasteiger partial charge in [0.15, 0.2) is 0 Å². The summed E-state index contributed by atoms with van der Waals surface area (Å²) >= 11 is 0. The second kappa shape index (κ2) is 7.31. The normalized spacial score (nSPS) is 10.8. The predicted molar refractivity (Wildman–Crippen MR) is 103 cm³/mol. The van der Waals surface area contributed by atoms with Crippen molar-refractivity contribution >= 4 is 22.8 Å². The van der Waals surface area contributed by atoms with E-state index in [1.54, 1.807) is 31.2 Å². The Hall–Kier alpha value is -4.01. The SMILES string of the molecule is Cc1nc2ccccc2c(=O)n1NC(=O)CNc1nnc(-c2ccccc2)o1. The third-order valence-electron chi connectivity index (χ3n) is 4.03. The minimum atomic E-state index is -0.457. The maximum atomic E-state index is 12.6. The van der Waals surface area contributed by atoms with Crippen LogP contribution in [-0.2, 0) is 4.79 Å². The minimum absolute atomic E-state index is 0.106. The van der Waals surface area contributed by atoms with E-state index in [1.807, 2.05) is 30.3 Å². The van der Waals surface area contributed by atoms with Crippen LogP contribution in [-0.4, -0.2) is 32.3 Å². The molecule has 0 fully saturated rings. The van der Waals surface area contributed by atoms with Crippen molar-refractivity contribution in [2.45, 2.75) is 6.92 Å². The van der Waals surface area contributed by atoms with Gasteiger partial charge in [-0.1, -0.05) is 35.4 Å². The van der Waals surface area contributed by atoms with Gasteiger partial charge in [-0.05, 0) is 31.2 Å². The van der Waals surface area contributed by atoms with E-state index < -0.39 is 5.91 Å². The van der Waals surface area contributed by atoms with Crippen LogP contribution in [0.3, 0.4) is 0 Å². The summed E-state index contributed by atoms with van der Waals surface area (Å²) in [4.78, 5) is 29.1. The van der Waals surface area contributed by atoms with Crippen molar-refractivity contribution in [3.63, 3.8) is 0 Å². The molecule has 140 valence electrons. The van der Waals surface area contributed by atoms with Gasteiger partial charge in [-0.25, -0.2) is 9.66 Å². The molecule has 9 heteroatoms. The molecule has 2 heterocycles. The standard InChI is InChI=1S/C19H16N6O3/c1-12-21-15-10-6-5-9-14(15)18(27)25(12)24-16(26)11-20-19-23-22-17(28-19)13-7-3-2-4-8-13/h2-10H,11H2,1H3,(H,20,23)(H,24,26). The first-order chi connectivity index (χ1) is 13.6. The van der Waals surface area contributed by atoms with Crippen LogP contribution in [0.2, 0.25) is 0 Å². The number of rotatable bonds is 5. The summed E-state index contributed by atoms with van der Waals surface area (Å²) in [5.74, 6) is 0.261. The first-order valence-electron chi connectivity index (χ1n) is 8.53. The number of nitrogens with zero attached hydrogens (tertiary/aromatic N) is 4. The number of aromatic nitrogens is 4. The fourth-order valence-corrected chi connectivity index (χ4v) is 2.69. The average Bonchev–Trinajstić information content (AvgIpc) is 3.19. The largest absolute Gasteiger partial charge is 0.403 e. The lowest BCUT2D eigenvalue weighted by molar-refractivity contribution is -0.115. The molecule has 28 heavy (non-hydrogen) atoms. The van der Waals surface area contributed by atoms with Crippen LogP contribution >= 0.6 is 0 Å². The molecule has 0 spiro atoms. The van der Waals surface area contributed by atoms with Crippen molar-refractivity contribution in [3.05, 3.63) is 70.8 Å². The highest BCUT2D eigenvalue weighted by atomic mass is 16.4. The zero-order valence-electron chi connectivity index (χ0n) is 14.9. The molecule has 2 N–H and O–H groups in total. The van der Waals surface area contributed by atoms with Crippen molar-refractivity contribution in [3.8, 4) is 11.5 Å². The van der Waals surface area contributed by atoms with Crippen molar-refractivity contribution in [2.24, 2.45) is 0 Å². The third kappa shape index (κ3) is 3.45. The molecule has 0 radical (unpaired) electrons. The van der Waals surface area contributed by atoms with E-state index in [9.17, 15) is 9.59 Å². The molecule has 0 saturated heterocycles. The van der Waals surface area contributed by atoms with Gasteiger partial charge in [-0.3, -0.25) is 15.0 Å².